The van der Waals surface area contributed by atoms with Crippen molar-refractivity contribution in [2.75, 3.05) is 7.05 Å². The van der Waals surface area contributed by atoms with Gasteiger partial charge in [0.15, 0.2) is 0 Å². The van der Waals surface area contributed by atoms with Crippen LogP contribution in [0.15, 0.2) is 0 Å². The number of rotatable bonds is 3. The van der Waals surface area contributed by atoms with Crippen LogP contribution in [0.3, 0.4) is 0 Å². The maximum atomic E-state index is 10.9. The van der Waals surface area contributed by atoms with E-state index in [2.05, 4.69) is 19.2 Å². The van der Waals surface area contributed by atoms with Gasteiger partial charge >= 0.3 is 0 Å². The van der Waals surface area contributed by atoms with Crippen LogP contribution in [0, 0.1) is 5.92 Å². The lowest BCUT2D eigenvalue weighted by molar-refractivity contribution is -0.124. The number of hydrogen-bond acceptors (Lipinski definition) is 1. The second kappa shape index (κ2) is 10.5. The van der Waals surface area contributed by atoms with Crippen molar-refractivity contribution in [3.63, 3.8) is 0 Å². The molecule has 2 heteroatoms. The topological polar surface area (TPSA) is 29.1 Å². The molecule has 0 atom stereocenters. The molecule has 0 fully saturated rings. The zero-order valence-electron chi connectivity index (χ0n) is 9.11. The Kier molecular flexibility index (Phi) is 12.2. The Balaban J connectivity index is 0. The monoisotopic (exact) mass is 173 g/mol. The van der Waals surface area contributed by atoms with Gasteiger partial charge in [0.05, 0.1) is 0 Å². The maximum absolute atomic E-state index is 10.9. The van der Waals surface area contributed by atoms with Gasteiger partial charge in [-0.25, -0.2) is 0 Å². The summed E-state index contributed by atoms with van der Waals surface area (Å²) >= 11 is 0. The Morgan fingerprint density at radius 1 is 1.17 bits per heavy atom. The normalized spacial score (nSPS) is 8.83. The van der Waals surface area contributed by atoms with Crippen molar-refractivity contribution < 1.29 is 4.79 Å². The van der Waals surface area contributed by atoms with Crippen molar-refractivity contribution >= 4 is 5.91 Å². The van der Waals surface area contributed by atoms with Crippen molar-refractivity contribution in [1.82, 2.24) is 5.32 Å². The number of carbonyl (C=O) groups excluding carboxylic acids is 1. The van der Waals surface area contributed by atoms with Crippen LogP contribution in [-0.2, 0) is 4.79 Å². The molecule has 1 N–H and O–H groups in total. The van der Waals surface area contributed by atoms with E-state index in [-0.39, 0.29) is 11.8 Å². The lowest BCUT2D eigenvalue weighted by Gasteiger charge is -2.08. The molecule has 0 aliphatic rings. The third-order valence-corrected chi connectivity index (χ3v) is 1.60. The van der Waals surface area contributed by atoms with Gasteiger partial charge in [-0.3, -0.25) is 4.79 Å². The molecule has 12 heavy (non-hydrogen) atoms. The summed E-state index contributed by atoms with van der Waals surface area (Å²) in [6, 6.07) is 0. The summed E-state index contributed by atoms with van der Waals surface area (Å²) in [6.45, 7) is 8.31. The van der Waals surface area contributed by atoms with Gasteiger partial charge in [0, 0.05) is 13.0 Å². The zero-order chi connectivity index (χ0) is 9.98. The minimum Gasteiger partial charge on any atom is -0.359 e. The van der Waals surface area contributed by atoms with Crippen molar-refractivity contribution in [2.24, 2.45) is 5.92 Å². The van der Waals surface area contributed by atoms with Crippen molar-refractivity contribution in [3.05, 3.63) is 0 Å². The van der Waals surface area contributed by atoms with Crippen LogP contribution >= 0.6 is 0 Å². The fourth-order valence-electron chi connectivity index (χ4n) is 0.864. The lowest BCUT2D eigenvalue weighted by atomic mass is 10.0. The summed E-state index contributed by atoms with van der Waals surface area (Å²) in [5.41, 5.74) is 0. The molecule has 0 saturated heterocycles. The summed E-state index contributed by atoms with van der Waals surface area (Å²) in [5, 5.41) is 2.63. The van der Waals surface area contributed by atoms with Gasteiger partial charge in [-0.1, -0.05) is 34.1 Å². The van der Waals surface area contributed by atoms with Crippen LogP contribution in [0.5, 0.6) is 0 Å². The predicted molar refractivity (Wildman–Crippen MR) is 54.1 cm³/mol. The fourth-order valence-corrected chi connectivity index (χ4v) is 0.864. The minimum atomic E-state index is 0.167. The molecular formula is C10H23NO. The van der Waals surface area contributed by atoms with Crippen molar-refractivity contribution in [3.8, 4) is 0 Å². The van der Waals surface area contributed by atoms with E-state index in [1.54, 1.807) is 7.05 Å². The Morgan fingerprint density at radius 3 is 1.58 bits per heavy atom. The van der Waals surface area contributed by atoms with Gasteiger partial charge in [-0.2, -0.15) is 0 Å². The summed E-state index contributed by atoms with van der Waals surface area (Å²) in [6.07, 6.45) is 3.13. The molecule has 0 heterocycles. The van der Waals surface area contributed by atoms with Crippen LogP contribution in [0.1, 0.15) is 47.0 Å². The molecule has 0 aromatic carbocycles. The molecule has 0 aromatic rings. The first-order valence-corrected chi connectivity index (χ1v) is 4.89. The summed E-state index contributed by atoms with van der Waals surface area (Å²) < 4.78 is 0. The average molecular weight is 173 g/mol. The smallest absolute Gasteiger partial charge is 0.222 e. The van der Waals surface area contributed by atoms with Gasteiger partial charge in [0.25, 0.3) is 0 Å². The van der Waals surface area contributed by atoms with E-state index in [9.17, 15) is 4.79 Å². The number of carbonyl (C=O) groups is 1. The Morgan fingerprint density at radius 2 is 1.50 bits per heavy atom. The molecule has 0 bridgehead atoms. The lowest BCUT2D eigenvalue weighted by Crippen LogP contribution is -2.26. The first-order chi connectivity index (χ1) is 5.67. The highest BCUT2D eigenvalue weighted by Gasteiger charge is 2.10. The highest BCUT2D eigenvalue weighted by atomic mass is 16.1. The van der Waals surface area contributed by atoms with Crippen LogP contribution in [0.2, 0.25) is 0 Å². The number of amides is 1. The molecule has 1 amide bonds. The van der Waals surface area contributed by atoms with E-state index in [0.717, 1.165) is 12.8 Å². The minimum absolute atomic E-state index is 0.167. The van der Waals surface area contributed by atoms with Gasteiger partial charge < -0.3 is 5.32 Å². The summed E-state index contributed by atoms with van der Waals surface area (Å²) in [4.78, 5) is 10.9. The zero-order valence-corrected chi connectivity index (χ0v) is 9.11. The highest BCUT2D eigenvalue weighted by molar-refractivity contribution is 5.78. The summed E-state index contributed by atoms with van der Waals surface area (Å²) in [5.74, 6) is 0.384. The van der Waals surface area contributed by atoms with E-state index in [1.165, 1.54) is 6.42 Å². The molecule has 74 valence electrons. The highest BCUT2D eigenvalue weighted by Crippen LogP contribution is 2.05. The molecule has 0 spiro atoms. The maximum Gasteiger partial charge on any atom is 0.222 e. The van der Waals surface area contributed by atoms with E-state index in [1.807, 2.05) is 13.8 Å². The van der Waals surface area contributed by atoms with E-state index < -0.39 is 0 Å². The summed E-state index contributed by atoms with van der Waals surface area (Å²) in [7, 11) is 1.68. The Labute approximate surface area is 76.7 Å². The van der Waals surface area contributed by atoms with Crippen LogP contribution in [0.4, 0.5) is 0 Å². The van der Waals surface area contributed by atoms with Crippen LogP contribution < -0.4 is 5.32 Å². The molecule has 2 nitrogen and oxygen atoms in total. The molecule has 0 aliphatic carbocycles. The largest absolute Gasteiger partial charge is 0.359 e. The molecule has 0 unspecified atom stereocenters. The van der Waals surface area contributed by atoms with Crippen molar-refractivity contribution in [1.29, 1.82) is 0 Å². The molecule has 0 aliphatic heterocycles. The van der Waals surface area contributed by atoms with Gasteiger partial charge in [-0.05, 0) is 12.8 Å². The van der Waals surface area contributed by atoms with Gasteiger partial charge in [-0.15, -0.1) is 0 Å². The van der Waals surface area contributed by atoms with Crippen molar-refractivity contribution in [2.45, 2.75) is 47.0 Å². The van der Waals surface area contributed by atoms with E-state index >= 15 is 0 Å². The Hall–Kier alpha value is -0.530. The van der Waals surface area contributed by atoms with Crippen LogP contribution in [-0.4, -0.2) is 13.0 Å². The molecule has 0 rings (SSSR count). The third kappa shape index (κ3) is 7.58. The molecule has 0 aromatic heterocycles. The molecule has 0 saturated carbocycles. The first-order valence-electron chi connectivity index (χ1n) is 4.89. The van der Waals surface area contributed by atoms with Gasteiger partial charge in [0.2, 0.25) is 5.91 Å². The van der Waals surface area contributed by atoms with E-state index in [4.69, 9.17) is 0 Å². The second-order valence-electron chi connectivity index (χ2n) is 2.83. The Bertz CT molecular complexity index is 98.0. The SMILES string of the molecule is CCC.CCC(CC)C(=O)NC. The third-order valence-electron chi connectivity index (χ3n) is 1.60. The van der Waals surface area contributed by atoms with E-state index in [0.29, 0.717) is 0 Å². The fraction of sp³-hybridized carbons (Fsp3) is 0.900. The standard InChI is InChI=1S/C7H15NO.C3H8/c1-4-6(5-2)7(9)8-3;1-3-2/h6H,4-5H2,1-3H3,(H,8,9);3H2,1-2H3. The first kappa shape index (κ1) is 14.0. The van der Waals surface area contributed by atoms with Gasteiger partial charge in [0.1, 0.15) is 0 Å². The predicted octanol–water partition coefficient (Wildman–Crippen LogP) is 2.58. The quantitative estimate of drug-likeness (QED) is 0.698. The van der Waals surface area contributed by atoms with Crippen LogP contribution in [0.25, 0.3) is 0 Å². The number of nitrogens with one attached hydrogen (secondary N) is 1. The second-order valence-corrected chi connectivity index (χ2v) is 2.83. The number of hydrogen-bond donors (Lipinski definition) is 1. The average Bonchev–Trinajstić information content (AvgIpc) is 2.08. The molecular weight excluding hydrogens is 150 g/mol. The molecule has 0 radical (unpaired) electrons.